The summed E-state index contributed by atoms with van der Waals surface area (Å²) < 4.78 is 11.0. The second-order valence-electron chi connectivity index (χ2n) is 5.68. The smallest absolute Gasteiger partial charge is 0.496 e. The van der Waals surface area contributed by atoms with Gasteiger partial charge in [-0.2, -0.15) is 5.66 Å². The first-order chi connectivity index (χ1) is 10.1. The predicted molar refractivity (Wildman–Crippen MR) is 87.1 cm³/mol. The number of hydrogen-bond donors (Lipinski definition) is 0. The van der Waals surface area contributed by atoms with Crippen LogP contribution in [0.3, 0.4) is 0 Å². The molecule has 0 radical (unpaired) electrons. The Morgan fingerprint density at radius 3 is 2.00 bits per heavy atom. The van der Waals surface area contributed by atoms with E-state index in [2.05, 4.69) is 0 Å². The molecule has 2 rings (SSSR count). The fourth-order valence-corrected chi connectivity index (χ4v) is 4.40. The van der Waals surface area contributed by atoms with E-state index in [1.54, 1.807) is 14.2 Å². The first-order valence-electron chi connectivity index (χ1n) is 7.55. The summed E-state index contributed by atoms with van der Waals surface area (Å²) in [7, 11) is 4.12. The summed E-state index contributed by atoms with van der Waals surface area (Å²) >= 11 is 0. The SMILES string of the molecule is COc1c(C)cc(C)c(OC)c1C(=O)[P-]C1CCCCC1.[Li+]. The summed E-state index contributed by atoms with van der Waals surface area (Å²) in [4.78, 5) is 12.8. The number of aryl methyl sites for hydroxylation is 2. The fraction of sp³-hybridized carbons (Fsp3) is 0.588. The van der Waals surface area contributed by atoms with Crippen LogP contribution in [0.5, 0.6) is 11.5 Å². The van der Waals surface area contributed by atoms with Crippen molar-refractivity contribution in [3.8, 4) is 11.5 Å². The first kappa shape index (κ1) is 19.6. The summed E-state index contributed by atoms with van der Waals surface area (Å²) in [6.07, 6.45) is 6.10. The Labute approximate surface area is 147 Å². The number of carbonyl (C=O) groups excluding carboxylic acids is 1. The molecule has 0 spiro atoms. The van der Waals surface area contributed by atoms with E-state index >= 15 is 0 Å². The Balaban J connectivity index is 0.00000242. The van der Waals surface area contributed by atoms with E-state index in [1.165, 1.54) is 19.3 Å². The molecular weight excluding hydrogens is 290 g/mol. The summed E-state index contributed by atoms with van der Waals surface area (Å²) in [5, 5.41) is 0. The van der Waals surface area contributed by atoms with Crippen LogP contribution in [0, 0.1) is 13.8 Å². The Hall–Kier alpha value is -0.483. The molecule has 0 N–H and O–H groups in total. The summed E-state index contributed by atoms with van der Waals surface area (Å²) in [5.41, 5.74) is 3.20. The third kappa shape index (κ3) is 4.29. The largest absolute Gasteiger partial charge is 1.00 e. The van der Waals surface area contributed by atoms with Crippen molar-refractivity contribution in [2.24, 2.45) is 0 Å². The molecule has 3 nitrogen and oxygen atoms in total. The van der Waals surface area contributed by atoms with Crippen molar-refractivity contribution in [3.63, 3.8) is 0 Å². The van der Waals surface area contributed by atoms with Crippen LogP contribution in [-0.2, 0) is 0 Å². The number of benzene rings is 1. The van der Waals surface area contributed by atoms with Crippen molar-refractivity contribution in [1.29, 1.82) is 0 Å². The molecule has 1 aliphatic carbocycles. The fourth-order valence-electron chi connectivity index (χ4n) is 3.11. The van der Waals surface area contributed by atoms with Crippen LogP contribution in [0.25, 0.3) is 0 Å². The van der Waals surface area contributed by atoms with Gasteiger partial charge in [-0.05, 0) is 31.0 Å². The quantitative estimate of drug-likeness (QED) is 0.613. The standard InChI is InChI=1S/C17H24O3P.Li/c1-11-10-12(2)16(20-4)14(15(11)19-3)17(18)21-13-8-6-5-7-9-13;/h10,13H,5-9H2,1-4H3;/q-1;+1. The van der Waals surface area contributed by atoms with Crippen molar-refractivity contribution in [3.05, 3.63) is 22.8 Å². The van der Waals surface area contributed by atoms with Gasteiger partial charge in [0.1, 0.15) is 11.5 Å². The van der Waals surface area contributed by atoms with Crippen LogP contribution >= 0.6 is 8.58 Å². The van der Waals surface area contributed by atoms with Gasteiger partial charge in [0.05, 0.1) is 19.8 Å². The van der Waals surface area contributed by atoms with Crippen LogP contribution in [0.2, 0.25) is 0 Å². The third-order valence-electron chi connectivity index (χ3n) is 4.10. The monoisotopic (exact) mass is 314 g/mol. The molecule has 0 heterocycles. The molecular formula is C17H24LiO3P. The van der Waals surface area contributed by atoms with Crippen molar-refractivity contribution in [1.82, 2.24) is 0 Å². The van der Waals surface area contributed by atoms with Gasteiger partial charge in [-0.3, -0.25) is 0 Å². The molecule has 1 aliphatic rings. The minimum absolute atomic E-state index is 0. The molecule has 0 bridgehead atoms. The Kier molecular flexibility index (Phi) is 7.98. The maximum atomic E-state index is 12.8. The zero-order chi connectivity index (χ0) is 15.4. The van der Waals surface area contributed by atoms with Crippen LogP contribution in [0.15, 0.2) is 6.07 Å². The molecule has 0 aliphatic heterocycles. The molecule has 0 unspecified atom stereocenters. The maximum Gasteiger partial charge on any atom is 1.00 e. The van der Waals surface area contributed by atoms with Gasteiger partial charge in [0.15, 0.2) is 0 Å². The average molecular weight is 314 g/mol. The van der Waals surface area contributed by atoms with E-state index < -0.39 is 0 Å². The van der Waals surface area contributed by atoms with Gasteiger partial charge in [-0.25, -0.2) is 0 Å². The molecule has 1 aromatic carbocycles. The molecule has 5 heteroatoms. The molecule has 0 aromatic heterocycles. The minimum atomic E-state index is 0. The van der Waals surface area contributed by atoms with Crippen LogP contribution in [-0.4, -0.2) is 25.4 Å². The van der Waals surface area contributed by atoms with Gasteiger partial charge >= 0.3 is 18.9 Å². The molecule has 0 atom stereocenters. The third-order valence-corrected chi connectivity index (χ3v) is 5.44. The maximum absolute atomic E-state index is 12.8. The van der Waals surface area contributed by atoms with Gasteiger partial charge in [0, 0.05) is 5.52 Å². The molecule has 1 aromatic rings. The molecule has 22 heavy (non-hydrogen) atoms. The molecule has 0 amide bonds. The van der Waals surface area contributed by atoms with E-state index in [4.69, 9.17) is 9.47 Å². The molecule has 1 saturated carbocycles. The Morgan fingerprint density at radius 1 is 1.05 bits per heavy atom. The van der Waals surface area contributed by atoms with Crippen LogP contribution in [0.4, 0.5) is 0 Å². The number of methoxy groups -OCH3 is 2. The van der Waals surface area contributed by atoms with Gasteiger partial charge in [0.2, 0.25) is 0 Å². The van der Waals surface area contributed by atoms with Gasteiger partial charge < -0.3 is 22.8 Å². The summed E-state index contributed by atoms with van der Waals surface area (Å²) in [6.45, 7) is 3.94. The van der Waals surface area contributed by atoms with E-state index in [1.807, 2.05) is 19.9 Å². The Bertz CT molecular complexity index is 497. The minimum Gasteiger partial charge on any atom is -0.496 e. The van der Waals surface area contributed by atoms with E-state index in [9.17, 15) is 4.79 Å². The van der Waals surface area contributed by atoms with Crippen LogP contribution < -0.4 is 28.3 Å². The number of carbonyl (C=O) groups is 1. The molecule has 116 valence electrons. The van der Waals surface area contributed by atoms with Gasteiger partial charge in [-0.1, -0.05) is 32.1 Å². The molecule has 0 saturated heterocycles. The van der Waals surface area contributed by atoms with E-state index in [0.717, 1.165) is 32.5 Å². The topological polar surface area (TPSA) is 35.5 Å². The van der Waals surface area contributed by atoms with Crippen LogP contribution in [0.1, 0.15) is 53.6 Å². The number of hydrogen-bond acceptors (Lipinski definition) is 3. The van der Waals surface area contributed by atoms with Crippen molar-refractivity contribution < 1.29 is 33.1 Å². The van der Waals surface area contributed by atoms with Crippen molar-refractivity contribution >= 4 is 14.1 Å². The molecule has 1 fully saturated rings. The van der Waals surface area contributed by atoms with Gasteiger partial charge in [0.25, 0.3) is 0 Å². The number of rotatable bonds is 5. The number of ether oxygens (including phenoxy) is 2. The average Bonchev–Trinajstić information content (AvgIpc) is 2.47. The zero-order valence-electron chi connectivity index (χ0n) is 14.4. The normalized spacial score (nSPS) is 15.6. The summed E-state index contributed by atoms with van der Waals surface area (Å²) in [6, 6.07) is 2.01. The second kappa shape index (κ2) is 8.97. The van der Waals surface area contributed by atoms with E-state index in [-0.39, 0.29) is 24.4 Å². The second-order valence-corrected chi connectivity index (χ2v) is 7.07. The van der Waals surface area contributed by atoms with E-state index in [0.29, 0.717) is 22.7 Å². The Morgan fingerprint density at radius 2 is 1.55 bits per heavy atom. The summed E-state index contributed by atoms with van der Waals surface area (Å²) in [5.74, 6) is 1.32. The van der Waals surface area contributed by atoms with Crippen molar-refractivity contribution in [2.75, 3.05) is 14.2 Å². The van der Waals surface area contributed by atoms with Gasteiger partial charge in [-0.15, -0.1) is 0 Å². The predicted octanol–water partition coefficient (Wildman–Crippen LogP) is 1.74. The van der Waals surface area contributed by atoms with Crippen molar-refractivity contribution in [2.45, 2.75) is 51.6 Å². The first-order valence-corrected chi connectivity index (χ1v) is 8.52. The zero-order valence-corrected chi connectivity index (χ0v) is 15.3.